The van der Waals surface area contributed by atoms with E-state index in [0.29, 0.717) is 5.69 Å². The molecule has 2 aromatic rings. The average molecular weight is 238 g/mol. The summed E-state index contributed by atoms with van der Waals surface area (Å²) in [6.45, 7) is 3.83. The van der Waals surface area contributed by atoms with E-state index in [-0.39, 0.29) is 0 Å². The van der Waals surface area contributed by atoms with Crippen molar-refractivity contribution in [2.75, 3.05) is 5.73 Å². The molecule has 0 aromatic carbocycles. The normalized spacial score (nSPS) is 10.5. The lowest BCUT2D eigenvalue weighted by molar-refractivity contribution is 1.08. The van der Waals surface area contributed by atoms with E-state index < -0.39 is 0 Å². The fourth-order valence-corrected chi connectivity index (χ4v) is 2.61. The van der Waals surface area contributed by atoms with Gasteiger partial charge in [0.05, 0.1) is 5.69 Å². The largest absolute Gasteiger partial charge is 0.397 e. The molecule has 4 nitrogen and oxygen atoms in total. The predicted octanol–water partition coefficient (Wildman–Crippen LogP) is 2.28. The van der Waals surface area contributed by atoms with Gasteiger partial charge in [0.1, 0.15) is 10.9 Å². The number of hydrogen-bond donors (Lipinski definition) is 1. The Balaban J connectivity index is 2.24. The smallest absolute Gasteiger partial charge is 0.176 e. The topological polar surface area (TPSA) is 64.7 Å². The molecule has 0 spiro atoms. The van der Waals surface area contributed by atoms with E-state index in [0.717, 1.165) is 20.8 Å². The summed E-state index contributed by atoms with van der Waals surface area (Å²) >= 11 is 2.82. The standard InChI is InChI=1S/C9H10N4S2/c1-5-3-7(10)8(11-4-5)14-9-12-6(2)13-15-9/h3-4H,10H2,1-2H3. The molecule has 0 aliphatic carbocycles. The first-order valence-corrected chi connectivity index (χ1v) is 5.94. The molecule has 2 heterocycles. The Morgan fingerprint density at radius 3 is 2.80 bits per heavy atom. The van der Waals surface area contributed by atoms with E-state index in [1.807, 2.05) is 19.9 Å². The van der Waals surface area contributed by atoms with Crippen molar-refractivity contribution in [3.05, 3.63) is 23.7 Å². The minimum Gasteiger partial charge on any atom is -0.397 e. The Labute approximate surface area is 96.1 Å². The lowest BCUT2D eigenvalue weighted by atomic mass is 10.3. The van der Waals surface area contributed by atoms with Gasteiger partial charge in [-0.2, -0.15) is 4.37 Å². The molecule has 2 aromatic heterocycles. The molecule has 0 aliphatic heterocycles. The molecule has 0 fully saturated rings. The molecule has 0 saturated heterocycles. The summed E-state index contributed by atoms with van der Waals surface area (Å²) in [5.74, 6) is 0.785. The van der Waals surface area contributed by atoms with Crippen molar-refractivity contribution in [1.29, 1.82) is 0 Å². The number of rotatable bonds is 2. The van der Waals surface area contributed by atoms with Gasteiger partial charge >= 0.3 is 0 Å². The van der Waals surface area contributed by atoms with Crippen LogP contribution >= 0.6 is 23.3 Å². The van der Waals surface area contributed by atoms with Gasteiger partial charge in [-0.3, -0.25) is 0 Å². The summed E-state index contributed by atoms with van der Waals surface area (Å²) in [5.41, 5.74) is 7.60. The summed E-state index contributed by atoms with van der Waals surface area (Å²) < 4.78 is 4.97. The molecule has 0 atom stereocenters. The third kappa shape index (κ3) is 2.45. The number of nitrogens with zero attached hydrogens (tertiary/aromatic N) is 3. The van der Waals surface area contributed by atoms with E-state index in [2.05, 4.69) is 14.3 Å². The highest BCUT2D eigenvalue weighted by Gasteiger charge is 2.07. The summed E-state index contributed by atoms with van der Waals surface area (Å²) in [6, 6.07) is 1.91. The van der Waals surface area contributed by atoms with Crippen molar-refractivity contribution >= 4 is 29.0 Å². The predicted molar refractivity (Wildman–Crippen MR) is 62.2 cm³/mol. The second kappa shape index (κ2) is 4.16. The van der Waals surface area contributed by atoms with Crippen LogP contribution in [0.15, 0.2) is 21.6 Å². The number of pyridine rings is 1. The van der Waals surface area contributed by atoms with Gasteiger partial charge in [0, 0.05) is 6.20 Å². The highest BCUT2D eigenvalue weighted by molar-refractivity contribution is 8.01. The zero-order chi connectivity index (χ0) is 10.8. The van der Waals surface area contributed by atoms with Gasteiger partial charge in [-0.05, 0) is 48.8 Å². The maximum Gasteiger partial charge on any atom is 0.176 e. The van der Waals surface area contributed by atoms with Gasteiger partial charge < -0.3 is 5.73 Å². The van der Waals surface area contributed by atoms with Crippen LogP contribution in [0, 0.1) is 13.8 Å². The highest BCUT2D eigenvalue weighted by atomic mass is 32.2. The molecule has 0 radical (unpaired) electrons. The minimum absolute atomic E-state index is 0.688. The molecule has 2 rings (SSSR count). The van der Waals surface area contributed by atoms with Gasteiger partial charge in [-0.25, -0.2) is 9.97 Å². The van der Waals surface area contributed by atoms with Crippen molar-refractivity contribution in [1.82, 2.24) is 14.3 Å². The van der Waals surface area contributed by atoms with Crippen molar-refractivity contribution in [3.8, 4) is 0 Å². The first-order valence-electron chi connectivity index (χ1n) is 4.35. The lowest BCUT2D eigenvalue weighted by Gasteiger charge is -2.01. The molecule has 6 heteroatoms. The van der Waals surface area contributed by atoms with Gasteiger partial charge in [0.2, 0.25) is 0 Å². The zero-order valence-corrected chi connectivity index (χ0v) is 10.0. The van der Waals surface area contributed by atoms with Crippen molar-refractivity contribution in [2.24, 2.45) is 0 Å². The van der Waals surface area contributed by atoms with Crippen LogP contribution in [0.25, 0.3) is 0 Å². The van der Waals surface area contributed by atoms with Crippen molar-refractivity contribution in [2.45, 2.75) is 23.2 Å². The van der Waals surface area contributed by atoms with E-state index >= 15 is 0 Å². The quantitative estimate of drug-likeness (QED) is 0.869. The number of hydrogen-bond acceptors (Lipinski definition) is 6. The Hall–Kier alpha value is -1.14. The summed E-state index contributed by atoms with van der Waals surface area (Å²) in [4.78, 5) is 8.50. The molecular weight excluding hydrogens is 228 g/mol. The van der Waals surface area contributed by atoms with Gasteiger partial charge in [-0.1, -0.05) is 0 Å². The van der Waals surface area contributed by atoms with E-state index in [1.165, 1.54) is 23.3 Å². The maximum absolute atomic E-state index is 5.85. The molecule has 0 bridgehead atoms. The van der Waals surface area contributed by atoms with Crippen LogP contribution in [0.2, 0.25) is 0 Å². The molecular formula is C9H10N4S2. The van der Waals surface area contributed by atoms with Gasteiger partial charge in [-0.15, -0.1) is 0 Å². The molecule has 0 aliphatic rings. The fraction of sp³-hybridized carbons (Fsp3) is 0.222. The lowest BCUT2D eigenvalue weighted by Crippen LogP contribution is -1.92. The maximum atomic E-state index is 5.85. The molecule has 0 amide bonds. The van der Waals surface area contributed by atoms with Crippen molar-refractivity contribution < 1.29 is 0 Å². The van der Waals surface area contributed by atoms with Crippen LogP contribution in [0.4, 0.5) is 5.69 Å². The Bertz CT molecular complexity index is 481. The van der Waals surface area contributed by atoms with Crippen LogP contribution in [0.3, 0.4) is 0 Å². The number of anilines is 1. The third-order valence-corrected chi connectivity index (χ3v) is 3.59. The second-order valence-electron chi connectivity index (χ2n) is 3.12. The third-order valence-electron chi connectivity index (χ3n) is 1.71. The SMILES string of the molecule is Cc1cnc(Sc2nc(C)ns2)c(N)c1. The van der Waals surface area contributed by atoms with Gasteiger partial charge in [0.15, 0.2) is 4.34 Å². The van der Waals surface area contributed by atoms with E-state index in [1.54, 1.807) is 6.20 Å². The molecule has 0 unspecified atom stereocenters. The zero-order valence-electron chi connectivity index (χ0n) is 8.39. The molecule has 78 valence electrons. The molecule has 2 N–H and O–H groups in total. The van der Waals surface area contributed by atoms with Crippen LogP contribution in [-0.4, -0.2) is 14.3 Å². The average Bonchev–Trinajstić information content (AvgIpc) is 2.56. The van der Waals surface area contributed by atoms with E-state index in [4.69, 9.17) is 5.73 Å². The summed E-state index contributed by atoms with van der Waals surface area (Å²) in [6.07, 6.45) is 1.80. The molecule has 15 heavy (non-hydrogen) atoms. The van der Waals surface area contributed by atoms with Gasteiger partial charge in [0.25, 0.3) is 0 Å². The highest BCUT2D eigenvalue weighted by Crippen LogP contribution is 2.31. The number of aromatic nitrogens is 3. The molecule has 0 saturated carbocycles. The Morgan fingerprint density at radius 2 is 2.20 bits per heavy atom. The Morgan fingerprint density at radius 1 is 1.40 bits per heavy atom. The van der Waals surface area contributed by atoms with Crippen LogP contribution in [0.1, 0.15) is 11.4 Å². The second-order valence-corrected chi connectivity index (χ2v) is 5.10. The number of aryl methyl sites for hydroxylation is 2. The van der Waals surface area contributed by atoms with Crippen LogP contribution < -0.4 is 5.73 Å². The Kier molecular flexibility index (Phi) is 2.88. The first kappa shape index (κ1) is 10.4. The van der Waals surface area contributed by atoms with Crippen LogP contribution in [-0.2, 0) is 0 Å². The monoisotopic (exact) mass is 238 g/mol. The summed E-state index contributed by atoms with van der Waals surface area (Å²) in [7, 11) is 0. The summed E-state index contributed by atoms with van der Waals surface area (Å²) in [5, 5.41) is 0.789. The minimum atomic E-state index is 0.688. The van der Waals surface area contributed by atoms with Crippen molar-refractivity contribution in [3.63, 3.8) is 0 Å². The number of nitrogen functional groups attached to an aromatic ring is 1. The van der Waals surface area contributed by atoms with Crippen LogP contribution in [0.5, 0.6) is 0 Å². The van der Waals surface area contributed by atoms with E-state index in [9.17, 15) is 0 Å². The first-order chi connectivity index (χ1) is 7.15. The number of nitrogens with two attached hydrogens (primary N) is 1. The fourth-order valence-electron chi connectivity index (χ4n) is 1.07.